The highest BCUT2D eigenvalue weighted by atomic mass is 35.5. The second-order valence-corrected chi connectivity index (χ2v) is 6.69. The maximum atomic E-state index is 6.31. The summed E-state index contributed by atoms with van der Waals surface area (Å²) in [5, 5.41) is 1.31. The maximum absolute atomic E-state index is 6.31. The van der Waals surface area contributed by atoms with Gasteiger partial charge in [-0.05, 0) is 30.2 Å². The molecule has 2 heterocycles. The fourth-order valence-corrected chi connectivity index (χ4v) is 3.27. The molecule has 0 saturated heterocycles. The molecular weight excluding hydrogens is 377 g/mol. The van der Waals surface area contributed by atoms with E-state index >= 15 is 0 Å². The molecule has 0 saturated carbocycles. The summed E-state index contributed by atoms with van der Waals surface area (Å²) in [6, 6.07) is 22.4. The van der Waals surface area contributed by atoms with Crippen LogP contribution in [0.3, 0.4) is 0 Å². The van der Waals surface area contributed by atoms with E-state index < -0.39 is 0 Å². The monoisotopic (exact) mass is 395 g/mol. The number of nitrogens with zero attached hydrogens (tertiary/aromatic N) is 2. The molecule has 4 aromatic rings. The highest BCUT2D eigenvalue weighted by Crippen LogP contribution is 2.35. The molecule has 4 rings (SSSR count). The van der Waals surface area contributed by atoms with Crippen molar-refractivity contribution in [3.63, 3.8) is 0 Å². The van der Waals surface area contributed by atoms with Crippen molar-refractivity contribution in [1.29, 1.82) is 0 Å². The van der Waals surface area contributed by atoms with E-state index in [2.05, 4.69) is 47.4 Å². The molecule has 0 aliphatic heterocycles. The molecule has 2 aromatic heterocycles. The van der Waals surface area contributed by atoms with Gasteiger partial charge in [-0.15, -0.1) is 12.4 Å². The zero-order valence-electron chi connectivity index (χ0n) is 14.8. The van der Waals surface area contributed by atoms with E-state index in [1.54, 1.807) is 6.20 Å². The molecule has 27 heavy (non-hydrogen) atoms. The third-order valence-electron chi connectivity index (χ3n) is 4.49. The Labute approximate surface area is 169 Å². The normalized spacial score (nSPS) is 11.8. The molecule has 0 unspecified atom stereocenters. The largest absolute Gasteiger partial charge is 0.324 e. The predicted molar refractivity (Wildman–Crippen MR) is 115 cm³/mol. The molecule has 1 atom stereocenters. The maximum Gasteiger partial charge on any atom is 0.138 e. The molecular formula is C22H19Cl2N3. The average molecular weight is 396 g/mol. The van der Waals surface area contributed by atoms with Gasteiger partial charge in [0.25, 0.3) is 0 Å². The third-order valence-corrected chi connectivity index (χ3v) is 4.79. The standard InChI is InChI=1S/C22H18ClN3.ClH/c1-14(24)15-7-9-17(10-8-15)21-18(16-5-3-2-4-6-16)13-19-20(26-21)11-12-25-22(19)23;/h2-14H,24H2,1H3;1H/t14-;/m1./s1. The smallest absolute Gasteiger partial charge is 0.138 e. The van der Waals surface area contributed by atoms with Crippen molar-refractivity contribution in [3.8, 4) is 22.4 Å². The van der Waals surface area contributed by atoms with Crippen LogP contribution in [-0.4, -0.2) is 9.97 Å². The second kappa shape index (κ2) is 8.05. The summed E-state index contributed by atoms with van der Waals surface area (Å²) >= 11 is 6.31. The Balaban J connectivity index is 0.00000210. The lowest BCUT2D eigenvalue weighted by molar-refractivity contribution is 0.818. The number of hydrogen-bond donors (Lipinski definition) is 1. The number of nitrogens with two attached hydrogens (primary N) is 1. The Morgan fingerprint density at radius 3 is 2.30 bits per heavy atom. The van der Waals surface area contributed by atoms with Crippen LogP contribution < -0.4 is 5.73 Å². The van der Waals surface area contributed by atoms with Gasteiger partial charge >= 0.3 is 0 Å². The zero-order chi connectivity index (χ0) is 18.1. The fraction of sp³-hybridized carbons (Fsp3) is 0.0909. The summed E-state index contributed by atoms with van der Waals surface area (Å²) < 4.78 is 0. The number of halogens is 2. The van der Waals surface area contributed by atoms with Crippen LogP contribution in [0.4, 0.5) is 0 Å². The molecule has 5 heteroatoms. The molecule has 0 fully saturated rings. The first-order valence-corrected chi connectivity index (χ1v) is 8.88. The topological polar surface area (TPSA) is 51.8 Å². The molecule has 2 aromatic carbocycles. The van der Waals surface area contributed by atoms with Gasteiger partial charge in [0.1, 0.15) is 5.15 Å². The first kappa shape index (κ1) is 19.3. The minimum Gasteiger partial charge on any atom is -0.324 e. The quantitative estimate of drug-likeness (QED) is 0.429. The number of fused-ring (bicyclic) bond motifs is 1. The van der Waals surface area contributed by atoms with Crippen molar-refractivity contribution < 1.29 is 0 Å². The van der Waals surface area contributed by atoms with E-state index in [9.17, 15) is 0 Å². The number of aromatic nitrogens is 2. The number of hydrogen-bond acceptors (Lipinski definition) is 3. The Hall–Kier alpha value is -2.46. The van der Waals surface area contributed by atoms with E-state index in [-0.39, 0.29) is 18.4 Å². The first-order valence-electron chi connectivity index (χ1n) is 8.50. The van der Waals surface area contributed by atoms with Crippen molar-refractivity contribution >= 4 is 34.9 Å². The van der Waals surface area contributed by atoms with E-state index in [1.807, 2.05) is 31.2 Å². The molecule has 136 valence electrons. The molecule has 0 aliphatic carbocycles. The van der Waals surface area contributed by atoms with Crippen LogP contribution in [0.25, 0.3) is 33.3 Å². The van der Waals surface area contributed by atoms with Gasteiger partial charge in [0, 0.05) is 28.8 Å². The molecule has 3 nitrogen and oxygen atoms in total. The Morgan fingerprint density at radius 2 is 1.63 bits per heavy atom. The van der Waals surface area contributed by atoms with Crippen LogP contribution in [0.15, 0.2) is 72.9 Å². The van der Waals surface area contributed by atoms with E-state index in [0.29, 0.717) is 5.15 Å². The molecule has 0 aliphatic rings. The lowest BCUT2D eigenvalue weighted by Gasteiger charge is -2.13. The molecule has 0 radical (unpaired) electrons. The fourth-order valence-electron chi connectivity index (χ4n) is 3.07. The number of benzene rings is 2. The Morgan fingerprint density at radius 1 is 0.926 bits per heavy atom. The van der Waals surface area contributed by atoms with Crippen molar-refractivity contribution in [3.05, 3.63) is 83.6 Å². The van der Waals surface area contributed by atoms with Crippen LogP contribution in [-0.2, 0) is 0 Å². The number of pyridine rings is 2. The van der Waals surface area contributed by atoms with Gasteiger partial charge in [0.15, 0.2) is 0 Å². The predicted octanol–water partition coefficient (Wildman–Crippen LogP) is 6.06. The molecule has 0 amide bonds. The van der Waals surface area contributed by atoms with Crippen molar-refractivity contribution in [2.45, 2.75) is 13.0 Å². The average Bonchev–Trinajstić information content (AvgIpc) is 2.68. The van der Waals surface area contributed by atoms with E-state index in [4.69, 9.17) is 22.3 Å². The highest BCUT2D eigenvalue weighted by Gasteiger charge is 2.13. The van der Waals surface area contributed by atoms with E-state index in [0.717, 1.165) is 38.9 Å². The summed E-state index contributed by atoms with van der Waals surface area (Å²) in [5.74, 6) is 0. The lowest BCUT2D eigenvalue weighted by Crippen LogP contribution is -2.04. The van der Waals surface area contributed by atoms with Crippen LogP contribution in [0.2, 0.25) is 5.15 Å². The molecule has 0 spiro atoms. The Bertz CT molecular complexity index is 1060. The van der Waals surface area contributed by atoms with Gasteiger partial charge in [-0.1, -0.05) is 66.2 Å². The summed E-state index contributed by atoms with van der Waals surface area (Å²) in [7, 11) is 0. The molecule has 2 N–H and O–H groups in total. The summed E-state index contributed by atoms with van der Waals surface area (Å²) in [6.45, 7) is 1.98. The van der Waals surface area contributed by atoms with Gasteiger partial charge in [0.05, 0.1) is 11.2 Å². The van der Waals surface area contributed by atoms with Crippen molar-refractivity contribution in [2.24, 2.45) is 5.73 Å². The lowest BCUT2D eigenvalue weighted by atomic mass is 9.96. The van der Waals surface area contributed by atoms with Crippen LogP contribution in [0, 0.1) is 0 Å². The highest BCUT2D eigenvalue weighted by molar-refractivity contribution is 6.34. The van der Waals surface area contributed by atoms with Crippen LogP contribution in [0.1, 0.15) is 18.5 Å². The number of rotatable bonds is 3. The summed E-state index contributed by atoms with van der Waals surface area (Å²) in [6.07, 6.45) is 1.68. The van der Waals surface area contributed by atoms with Gasteiger partial charge in [-0.25, -0.2) is 9.97 Å². The van der Waals surface area contributed by atoms with Gasteiger partial charge in [-0.2, -0.15) is 0 Å². The van der Waals surface area contributed by atoms with E-state index in [1.165, 1.54) is 0 Å². The minimum atomic E-state index is 0. The first-order chi connectivity index (χ1) is 12.6. The van der Waals surface area contributed by atoms with Crippen LogP contribution >= 0.6 is 24.0 Å². The SMILES string of the molecule is C[C@@H](N)c1ccc(-c2nc3ccnc(Cl)c3cc2-c2ccccc2)cc1.Cl. The summed E-state index contributed by atoms with van der Waals surface area (Å²) in [5.41, 5.74) is 12.0. The molecule has 0 bridgehead atoms. The Kier molecular flexibility index (Phi) is 5.76. The summed E-state index contributed by atoms with van der Waals surface area (Å²) in [4.78, 5) is 9.09. The van der Waals surface area contributed by atoms with Crippen molar-refractivity contribution in [1.82, 2.24) is 9.97 Å². The third kappa shape index (κ3) is 3.81. The van der Waals surface area contributed by atoms with Crippen molar-refractivity contribution in [2.75, 3.05) is 0 Å². The van der Waals surface area contributed by atoms with Gasteiger partial charge in [-0.3, -0.25) is 0 Å². The van der Waals surface area contributed by atoms with Gasteiger partial charge in [0.2, 0.25) is 0 Å². The minimum absolute atomic E-state index is 0. The van der Waals surface area contributed by atoms with Crippen LogP contribution in [0.5, 0.6) is 0 Å². The second-order valence-electron chi connectivity index (χ2n) is 6.33. The zero-order valence-corrected chi connectivity index (χ0v) is 16.3. The van der Waals surface area contributed by atoms with Gasteiger partial charge < -0.3 is 5.73 Å².